The van der Waals surface area contributed by atoms with Gasteiger partial charge in [0.15, 0.2) is 5.82 Å². The number of hydrogen-bond donors (Lipinski definition) is 2. The van der Waals surface area contributed by atoms with Crippen LogP contribution in [-0.2, 0) is 0 Å². The molecule has 0 aliphatic rings. The topological polar surface area (TPSA) is 119 Å². The van der Waals surface area contributed by atoms with E-state index >= 15 is 0 Å². The Morgan fingerprint density at radius 3 is 2.47 bits per heavy atom. The van der Waals surface area contributed by atoms with Gasteiger partial charge in [-0.05, 0) is 55.5 Å². The Labute approximate surface area is 194 Å². The summed E-state index contributed by atoms with van der Waals surface area (Å²) in [5.41, 5.74) is 3.85. The molecule has 0 unspecified atom stereocenters. The van der Waals surface area contributed by atoms with E-state index < -0.39 is 0 Å². The second-order valence-corrected chi connectivity index (χ2v) is 7.52. The zero-order chi connectivity index (χ0) is 23.5. The molecular formula is C25H20N6O3. The van der Waals surface area contributed by atoms with Crippen molar-refractivity contribution in [3.8, 4) is 40.0 Å². The van der Waals surface area contributed by atoms with Crippen molar-refractivity contribution in [1.29, 1.82) is 0 Å². The number of methoxy groups -OCH3 is 1. The van der Waals surface area contributed by atoms with E-state index in [0.717, 1.165) is 16.7 Å². The van der Waals surface area contributed by atoms with Gasteiger partial charge < -0.3 is 9.15 Å². The van der Waals surface area contributed by atoms with Crippen LogP contribution in [0.25, 0.3) is 34.3 Å². The lowest BCUT2D eigenvalue weighted by Crippen LogP contribution is -2.12. The second-order valence-electron chi connectivity index (χ2n) is 7.52. The first-order chi connectivity index (χ1) is 16.6. The Kier molecular flexibility index (Phi) is 5.57. The van der Waals surface area contributed by atoms with E-state index in [2.05, 4.69) is 30.7 Å². The quantitative estimate of drug-likeness (QED) is 0.381. The second kappa shape index (κ2) is 8.99. The zero-order valence-corrected chi connectivity index (χ0v) is 18.4. The number of carbonyl (C=O) groups excluding carboxylic acids is 1. The number of hydrogen-bond acceptors (Lipinski definition) is 7. The molecule has 168 valence electrons. The summed E-state index contributed by atoms with van der Waals surface area (Å²) >= 11 is 0. The number of aromatic nitrogens is 5. The number of para-hydroxylation sites is 1. The molecule has 0 aliphatic carbocycles. The molecule has 5 rings (SSSR count). The fourth-order valence-corrected chi connectivity index (χ4v) is 3.45. The summed E-state index contributed by atoms with van der Waals surface area (Å²) in [6.45, 7) is 2.00. The summed E-state index contributed by atoms with van der Waals surface area (Å²) in [6, 6.07) is 22.1. The summed E-state index contributed by atoms with van der Waals surface area (Å²) in [4.78, 5) is 17.0. The van der Waals surface area contributed by atoms with Crippen molar-refractivity contribution in [3.05, 3.63) is 83.9 Å². The van der Waals surface area contributed by atoms with Crippen molar-refractivity contribution >= 4 is 11.9 Å². The number of amides is 1. The first kappa shape index (κ1) is 21.1. The van der Waals surface area contributed by atoms with Crippen molar-refractivity contribution in [2.45, 2.75) is 6.92 Å². The highest BCUT2D eigenvalue weighted by Gasteiger charge is 2.15. The number of H-pyrrole nitrogens is 1. The number of ether oxygens (including phenoxy) is 1. The van der Waals surface area contributed by atoms with E-state index in [0.29, 0.717) is 34.5 Å². The number of aryl methyl sites for hydroxylation is 1. The van der Waals surface area contributed by atoms with Gasteiger partial charge in [-0.3, -0.25) is 15.2 Å². The molecule has 9 nitrogen and oxygen atoms in total. The van der Waals surface area contributed by atoms with Crippen molar-refractivity contribution < 1.29 is 13.9 Å². The molecule has 3 aromatic carbocycles. The lowest BCUT2D eigenvalue weighted by atomic mass is 10.1. The number of aromatic amines is 1. The van der Waals surface area contributed by atoms with Crippen LogP contribution in [0.3, 0.4) is 0 Å². The van der Waals surface area contributed by atoms with E-state index in [1.54, 1.807) is 31.4 Å². The van der Waals surface area contributed by atoms with Crippen LogP contribution in [-0.4, -0.2) is 38.4 Å². The van der Waals surface area contributed by atoms with Gasteiger partial charge in [0.05, 0.1) is 12.7 Å². The Balaban J connectivity index is 1.29. The average molecular weight is 452 g/mol. The number of nitrogens with zero attached hydrogens (tertiary/aromatic N) is 4. The van der Waals surface area contributed by atoms with Gasteiger partial charge in [0.2, 0.25) is 17.7 Å². The Morgan fingerprint density at radius 2 is 1.71 bits per heavy atom. The van der Waals surface area contributed by atoms with Crippen molar-refractivity contribution in [2.24, 2.45) is 0 Å². The Morgan fingerprint density at radius 1 is 0.941 bits per heavy atom. The maximum absolute atomic E-state index is 12.7. The van der Waals surface area contributed by atoms with Gasteiger partial charge in [-0.25, -0.2) is 0 Å². The fraction of sp³-hybridized carbons (Fsp3) is 0.0800. The van der Waals surface area contributed by atoms with Crippen LogP contribution >= 0.6 is 0 Å². The van der Waals surface area contributed by atoms with Crippen LogP contribution in [0.5, 0.6) is 5.75 Å². The van der Waals surface area contributed by atoms with Gasteiger partial charge in [0.25, 0.3) is 5.91 Å². The molecule has 0 saturated heterocycles. The zero-order valence-electron chi connectivity index (χ0n) is 18.4. The molecule has 5 aromatic rings. The average Bonchev–Trinajstić information content (AvgIpc) is 3.54. The number of anilines is 1. The van der Waals surface area contributed by atoms with E-state index in [9.17, 15) is 4.79 Å². The van der Waals surface area contributed by atoms with Crippen molar-refractivity contribution in [1.82, 2.24) is 25.4 Å². The van der Waals surface area contributed by atoms with Gasteiger partial charge in [-0.2, -0.15) is 4.98 Å². The first-order valence-electron chi connectivity index (χ1n) is 10.5. The lowest BCUT2D eigenvalue weighted by molar-refractivity contribution is 0.102. The molecule has 0 radical (unpaired) electrons. The predicted octanol–water partition coefficient (Wildman–Crippen LogP) is 4.76. The minimum Gasteiger partial charge on any atom is -0.496 e. The van der Waals surface area contributed by atoms with Crippen LogP contribution in [0.1, 0.15) is 15.9 Å². The van der Waals surface area contributed by atoms with Crippen LogP contribution in [0.15, 0.2) is 77.2 Å². The van der Waals surface area contributed by atoms with E-state index in [-0.39, 0.29) is 11.9 Å². The monoisotopic (exact) mass is 452 g/mol. The third kappa shape index (κ3) is 4.26. The van der Waals surface area contributed by atoms with Gasteiger partial charge in [0.1, 0.15) is 5.75 Å². The van der Waals surface area contributed by atoms with Crippen LogP contribution in [0, 0.1) is 6.92 Å². The highest BCUT2D eigenvalue weighted by Crippen LogP contribution is 2.27. The van der Waals surface area contributed by atoms with Crippen molar-refractivity contribution in [3.63, 3.8) is 0 Å². The molecule has 2 N–H and O–H groups in total. The fourth-order valence-electron chi connectivity index (χ4n) is 3.45. The molecule has 0 saturated carbocycles. The molecule has 1 amide bonds. The summed E-state index contributed by atoms with van der Waals surface area (Å²) in [7, 11) is 1.58. The largest absolute Gasteiger partial charge is 0.496 e. The Bertz CT molecular complexity index is 1460. The lowest BCUT2D eigenvalue weighted by Gasteiger charge is -2.04. The number of rotatable bonds is 6. The minimum atomic E-state index is -0.344. The van der Waals surface area contributed by atoms with E-state index in [4.69, 9.17) is 9.15 Å². The smallest absolute Gasteiger partial charge is 0.258 e. The molecule has 34 heavy (non-hydrogen) atoms. The highest BCUT2D eigenvalue weighted by atomic mass is 16.5. The summed E-state index contributed by atoms with van der Waals surface area (Å²) in [5, 5.41) is 17.9. The van der Waals surface area contributed by atoms with E-state index in [1.165, 1.54) is 0 Å². The Hall–Kier alpha value is -4.79. The van der Waals surface area contributed by atoms with Crippen molar-refractivity contribution in [2.75, 3.05) is 12.4 Å². The number of nitrogens with one attached hydrogen (secondary N) is 2. The molecule has 0 spiro atoms. The molecule has 9 heteroatoms. The SMILES string of the molecule is COc1ccccc1-c1nc(NC(=O)c2ccc(-c3nnc(-c4cccc(C)c4)o3)cc2)n[nH]1. The number of carbonyl (C=O) groups is 1. The highest BCUT2D eigenvalue weighted by molar-refractivity contribution is 6.03. The molecule has 2 heterocycles. The molecule has 0 atom stereocenters. The van der Waals surface area contributed by atoms with Crippen LogP contribution in [0.4, 0.5) is 5.95 Å². The normalized spacial score (nSPS) is 10.8. The summed E-state index contributed by atoms with van der Waals surface area (Å²) in [5.74, 6) is 1.77. The summed E-state index contributed by atoms with van der Waals surface area (Å²) < 4.78 is 11.2. The standard InChI is InChI=1S/C25H20N6O3/c1-15-6-5-7-18(14-15)24-30-29-23(34-24)17-12-10-16(11-13-17)22(32)27-25-26-21(28-31-25)19-8-3-4-9-20(19)33-2/h3-14H,1-2H3,(H2,26,27,28,31,32). The van der Waals surface area contributed by atoms with Crippen LogP contribution < -0.4 is 10.1 Å². The maximum Gasteiger partial charge on any atom is 0.258 e. The third-order valence-corrected chi connectivity index (χ3v) is 5.16. The minimum absolute atomic E-state index is 0.162. The molecule has 0 aliphatic heterocycles. The van der Waals surface area contributed by atoms with Crippen LogP contribution in [0.2, 0.25) is 0 Å². The third-order valence-electron chi connectivity index (χ3n) is 5.16. The molecular weight excluding hydrogens is 432 g/mol. The van der Waals surface area contributed by atoms with Gasteiger partial charge in [0, 0.05) is 16.7 Å². The van der Waals surface area contributed by atoms with Gasteiger partial charge in [-0.15, -0.1) is 15.3 Å². The predicted molar refractivity (Wildman–Crippen MR) is 126 cm³/mol. The maximum atomic E-state index is 12.7. The number of benzene rings is 3. The van der Waals surface area contributed by atoms with E-state index in [1.807, 2.05) is 55.5 Å². The molecule has 0 fully saturated rings. The van der Waals surface area contributed by atoms with Gasteiger partial charge in [-0.1, -0.05) is 29.8 Å². The summed E-state index contributed by atoms with van der Waals surface area (Å²) in [6.07, 6.45) is 0. The molecule has 0 bridgehead atoms. The van der Waals surface area contributed by atoms with Gasteiger partial charge >= 0.3 is 0 Å². The first-order valence-corrected chi connectivity index (χ1v) is 10.5. The molecule has 2 aromatic heterocycles.